The van der Waals surface area contributed by atoms with Gasteiger partial charge in [-0.2, -0.15) is 0 Å². The zero-order chi connectivity index (χ0) is 14.1. The summed E-state index contributed by atoms with van der Waals surface area (Å²) in [6, 6.07) is 10.1. The number of nitrogens with zero attached hydrogens (tertiary/aromatic N) is 1. The van der Waals surface area contributed by atoms with Crippen LogP contribution in [0.3, 0.4) is 0 Å². The molecular weight excluding hydrogens is 252 g/mol. The first-order valence-corrected chi connectivity index (χ1v) is 7.12. The molecule has 0 amide bonds. The minimum absolute atomic E-state index is 0.0197. The molecule has 1 aromatic carbocycles. The van der Waals surface area contributed by atoms with Gasteiger partial charge in [-0.1, -0.05) is 18.2 Å². The van der Waals surface area contributed by atoms with E-state index in [1.54, 1.807) is 10.6 Å². The summed E-state index contributed by atoms with van der Waals surface area (Å²) in [6.45, 7) is 2.87. The van der Waals surface area contributed by atoms with Crippen LogP contribution in [-0.2, 0) is 11.8 Å². The van der Waals surface area contributed by atoms with Crippen molar-refractivity contribution in [2.45, 2.75) is 31.9 Å². The standard InChI is InChI=1S/C16H20N2O2/c1-11-9-12(7-8-20-11)17-14-10-16(19)18(2)15-6-4-3-5-13(14)15/h3-6,10-12,17H,7-9H2,1-2H3. The summed E-state index contributed by atoms with van der Waals surface area (Å²) in [7, 11) is 1.81. The maximum absolute atomic E-state index is 12.1. The average molecular weight is 272 g/mol. The van der Waals surface area contributed by atoms with Crippen LogP contribution in [0.2, 0.25) is 0 Å². The van der Waals surface area contributed by atoms with E-state index in [0.717, 1.165) is 36.0 Å². The summed E-state index contributed by atoms with van der Waals surface area (Å²) in [5.41, 5.74) is 1.91. The smallest absolute Gasteiger partial charge is 0.252 e. The first-order valence-electron chi connectivity index (χ1n) is 7.12. The summed E-state index contributed by atoms with van der Waals surface area (Å²) < 4.78 is 7.26. The lowest BCUT2D eigenvalue weighted by Crippen LogP contribution is -2.33. The Bertz CT molecular complexity index is 678. The van der Waals surface area contributed by atoms with Gasteiger partial charge in [-0.25, -0.2) is 0 Å². The van der Waals surface area contributed by atoms with Crippen LogP contribution < -0.4 is 10.9 Å². The largest absolute Gasteiger partial charge is 0.381 e. The molecule has 20 heavy (non-hydrogen) atoms. The van der Waals surface area contributed by atoms with E-state index in [2.05, 4.69) is 18.3 Å². The minimum Gasteiger partial charge on any atom is -0.381 e. The number of pyridine rings is 1. The van der Waals surface area contributed by atoms with E-state index in [4.69, 9.17) is 4.74 Å². The Kier molecular flexibility index (Phi) is 3.49. The molecule has 3 rings (SSSR count). The summed E-state index contributed by atoms with van der Waals surface area (Å²) in [5.74, 6) is 0. The van der Waals surface area contributed by atoms with Crippen molar-refractivity contribution in [3.8, 4) is 0 Å². The van der Waals surface area contributed by atoms with E-state index in [9.17, 15) is 4.79 Å². The Labute approximate surface area is 118 Å². The molecule has 0 radical (unpaired) electrons. The fraction of sp³-hybridized carbons (Fsp3) is 0.438. The van der Waals surface area contributed by atoms with Crippen LogP contribution >= 0.6 is 0 Å². The molecule has 4 nitrogen and oxygen atoms in total. The van der Waals surface area contributed by atoms with Gasteiger partial charge < -0.3 is 14.6 Å². The predicted molar refractivity (Wildman–Crippen MR) is 81.2 cm³/mol. The van der Waals surface area contributed by atoms with Crippen LogP contribution in [0.1, 0.15) is 19.8 Å². The summed E-state index contributed by atoms with van der Waals surface area (Å²) in [5, 5.41) is 4.62. The molecule has 2 aromatic rings. The Morgan fingerprint density at radius 3 is 2.95 bits per heavy atom. The SMILES string of the molecule is CC1CC(Nc2cc(=O)n(C)c3ccccc23)CCO1. The number of aromatic nitrogens is 1. The van der Waals surface area contributed by atoms with Crippen molar-refractivity contribution in [1.29, 1.82) is 0 Å². The van der Waals surface area contributed by atoms with Gasteiger partial charge in [-0.05, 0) is 25.8 Å². The van der Waals surface area contributed by atoms with Gasteiger partial charge in [-0.15, -0.1) is 0 Å². The highest BCUT2D eigenvalue weighted by atomic mass is 16.5. The molecule has 1 aromatic heterocycles. The zero-order valence-electron chi connectivity index (χ0n) is 11.9. The normalized spacial score (nSPS) is 22.9. The number of hydrogen-bond donors (Lipinski definition) is 1. The van der Waals surface area contributed by atoms with E-state index in [1.807, 2.05) is 25.2 Å². The number of benzene rings is 1. The second kappa shape index (κ2) is 5.29. The molecule has 0 saturated carbocycles. The summed E-state index contributed by atoms with van der Waals surface area (Å²) in [6.07, 6.45) is 2.23. The van der Waals surface area contributed by atoms with Crippen molar-refractivity contribution in [2.24, 2.45) is 7.05 Å². The molecule has 2 heterocycles. The van der Waals surface area contributed by atoms with Crippen molar-refractivity contribution in [3.05, 3.63) is 40.7 Å². The van der Waals surface area contributed by atoms with Crippen LogP contribution in [0.5, 0.6) is 0 Å². The van der Waals surface area contributed by atoms with Crippen LogP contribution in [0.15, 0.2) is 35.1 Å². The molecule has 1 aliphatic rings. The molecule has 1 aliphatic heterocycles. The Morgan fingerprint density at radius 1 is 1.35 bits per heavy atom. The molecule has 106 valence electrons. The first kappa shape index (κ1) is 13.2. The van der Waals surface area contributed by atoms with Crippen molar-refractivity contribution >= 4 is 16.6 Å². The molecule has 0 aliphatic carbocycles. The Hall–Kier alpha value is -1.81. The van der Waals surface area contributed by atoms with E-state index < -0.39 is 0 Å². The number of anilines is 1. The highest BCUT2D eigenvalue weighted by Gasteiger charge is 2.20. The van der Waals surface area contributed by atoms with Gasteiger partial charge in [0, 0.05) is 36.8 Å². The molecule has 4 heteroatoms. The molecule has 1 N–H and O–H groups in total. The number of para-hydroxylation sites is 1. The molecule has 0 bridgehead atoms. The van der Waals surface area contributed by atoms with Crippen molar-refractivity contribution in [1.82, 2.24) is 4.57 Å². The lowest BCUT2D eigenvalue weighted by atomic mass is 10.0. The maximum atomic E-state index is 12.1. The van der Waals surface area contributed by atoms with Crippen LogP contribution in [0.25, 0.3) is 10.9 Å². The van der Waals surface area contributed by atoms with Gasteiger partial charge in [0.25, 0.3) is 5.56 Å². The van der Waals surface area contributed by atoms with Crippen LogP contribution in [0.4, 0.5) is 5.69 Å². The minimum atomic E-state index is 0.0197. The maximum Gasteiger partial charge on any atom is 0.252 e. The fourth-order valence-corrected chi connectivity index (χ4v) is 2.88. The number of fused-ring (bicyclic) bond motifs is 1. The third kappa shape index (κ3) is 2.43. The highest BCUT2D eigenvalue weighted by molar-refractivity contribution is 5.91. The number of rotatable bonds is 2. The van der Waals surface area contributed by atoms with Gasteiger partial charge in [-0.3, -0.25) is 4.79 Å². The Morgan fingerprint density at radius 2 is 2.15 bits per heavy atom. The van der Waals surface area contributed by atoms with Crippen LogP contribution in [-0.4, -0.2) is 23.3 Å². The topological polar surface area (TPSA) is 43.3 Å². The van der Waals surface area contributed by atoms with Gasteiger partial charge in [0.05, 0.1) is 11.6 Å². The molecular formula is C16H20N2O2. The summed E-state index contributed by atoms with van der Waals surface area (Å²) >= 11 is 0. The average Bonchev–Trinajstić information content (AvgIpc) is 2.45. The fourth-order valence-electron chi connectivity index (χ4n) is 2.88. The number of nitrogens with one attached hydrogen (secondary N) is 1. The lowest BCUT2D eigenvalue weighted by molar-refractivity contribution is 0.0232. The molecule has 2 unspecified atom stereocenters. The molecule has 1 saturated heterocycles. The van der Waals surface area contributed by atoms with Gasteiger partial charge in [0.1, 0.15) is 0 Å². The molecule has 1 fully saturated rings. The van der Waals surface area contributed by atoms with E-state index >= 15 is 0 Å². The van der Waals surface area contributed by atoms with E-state index in [0.29, 0.717) is 6.04 Å². The number of aryl methyl sites for hydroxylation is 1. The number of hydrogen-bond acceptors (Lipinski definition) is 3. The first-order chi connectivity index (χ1) is 9.65. The monoisotopic (exact) mass is 272 g/mol. The van der Waals surface area contributed by atoms with Crippen molar-refractivity contribution < 1.29 is 4.74 Å². The third-order valence-electron chi connectivity index (χ3n) is 4.00. The lowest BCUT2D eigenvalue weighted by Gasteiger charge is -2.29. The highest BCUT2D eigenvalue weighted by Crippen LogP contribution is 2.24. The molecule has 0 spiro atoms. The van der Waals surface area contributed by atoms with E-state index in [-0.39, 0.29) is 11.7 Å². The Balaban J connectivity index is 1.99. The van der Waals surface area contributed by atoms with E-state index in [1.165, 1.54) is 0 Å². The van der Waals surface area contributed by atoms with Crippen molar-refractivity contribution in [3.63, 3.8) is 0 Å². The van der Waals surface area contributed by atoms with Gasteiger partial charge >= 0.3 is 0 Å². The number of ether oxygens (including phenoxy) is 1. The van der Waals surface area contributed by atoms with Gasteiger partial charge in [0.15, 0.2) is 0 Å². The quantitative estimate of drug-likeness (QED) is 0.913. The third-order valence-corrected chi connectivity index (χ3v) is 4.00. The second-order valence-corrected chi connectivity index (χ2v) is 5.52. The molecule has 2 atom stereocenters. The zero-order valence-corrected chi connectivity index (χ0v) is 11.9. The van der Waals surface area contributed by atoms with Crippen LogP contribution in [0, 0.1) is 0 Å². The van der Waals surface area contributed by atoms with Crippen molar-refractivity contribution in [2.75, 3.05) is 11.9 Å². The second-order valence-electron chi connectivity index (χ2n) is 5.52. The predicted octanol–water partition coefficient (Wildman–Crippen LogP) is 2.52. The van der Waals surface area contributed by atoms with Gasteiger partial charge in [0.2, 0.25) is 0 Å². The summed E-state index contributed by atoms with van der Waals surface area (Å²) in [4.78, 5) is 12.1.